The number of Topliss-reactive ketones (excluding diaryl/α,β-unsaturated/α-hetero) is 1. The number of fused-ring (bicyclic) bond motifs is 1. The van der Waals surface area contributed by atoms with Crippen molar-refractivity contribution in [1.29, 1.82) is 0 Å². The molecule has 2 aliphatic rings. The molecule has 0 amide bonds. The van der Waals surface area contributed by atoms with E-state index in [0.717, 1.165) is 11.1 Å². The summed E-state index contributed by atoms with van der Waals surface area (Å²) in [5, 5.41) is 0. The van der Waals surface area contributed by atoms with Gasteiger partial charge in [0.05, 0.1) is 11.3 Å². The maximum atomic E-state index is 12.9. The van der Waals surface area contributed by atoms with Gasteiger partial charge in [0.15, 0.2) is 0 Å². The zero-order valence-electron chi connectivity index (χ0n) is 16.7. The van der Waals surface area contributed by atoms with Crippen LogP contribution >= 0.6 is 0 Å². The molecule has 27 heavy (non-hydrogen) atoms. The number of benzene rings is 1. The number of rotatable bonds is 3. The van der Waals surface area contributed by atoms with Gasteiger partial charge in [-0.25, -0.2) is 0 Å². The molecule has 146 valence electrons. The molecule has 0 saturated heterocycles. The Balaban J connectivity index is 1.67. The molecule has 0 N–H and O–H groups in total. The molecule has 0 aromatic heterocycles. The monoisotopic (exact) mass is 372 g/mol. The Bertz CT molecular complexity index is 771. The van der Waals surface area contributed by atoms with Crippen molar-refractivity contribution in [1.82, 2.24) is 0 Å². The highest BCUT2D eigenvalue weighted by Crippen LogP contribution is 2.36. The van der Waals surface area contributed by atoms with Crippen molar-refractivity contribution in [3.63, 3.8) is 0 Å². The molecule has 1 fully saturated rings. The molecule has 1 aromatic carbocycles. The van der Waals surface area contributed by atoms with Crippen LogP contribution in [-0.4, -0.2) is 24.0 Å². The molecule has 5 nitrogen and oxygen atoms in total. The molecule has 5 heteroatoms. The fraction of sp³-hybridized carbons (Fsp3) is 0.545. The summed E-state index contributed by atoms with van der Waals surface area (Å²) in [5.74, 6) is 0.412. The number of carbonyl (C=O) groups is 2. The second-order valence-corrected chi connectivity index (χ2v) is 8.59. The van der Waals surface area contributed by atoms with Gasteiger partial charge in [0, 0.05) is 6.42 Å². The van der Waals surface area contributed by atoms with Crippen LogP contribution < -0.4 is 4.74 Å². The Morgan fingerprint density at radius 3 is 2.63 bits per heavy atom. The molecule has 1 aliphatic carbocycles. The normalized spacial score (nSPS) is 25.1. The fourth-order valence-electron chi connectivity index (χ4n) is 3.38. The lowest BCUT2D eigenvalue weighted by molar-refractivity contribution is -0.164. The summed E-state index contributed by atoms with van der Waals surface area (Å²) in [6.45, 7) is 9.43. The van der Waals surface area contributed by atoms with Crippen LogP contribution in [0.2, 0.25) is 0 Å². The molecule has 0 spiro atoms. The zero-order chi connectivity index (χ0) is 19.8. The third-order valence-electron chi connectivity index (χ3n) is 5.12. The molecular formula is C22H28O5. The first kappa shape index (κ1) is 19.5. The first-order valence-corrected chi connectivity index (χ1v) is 9.51. The van der Waals surface area contributed by atoms with E-state index in [0.29, 0.717) is 25.0 Å². The third-order valence-corrected chi connectivity index (χ3v) is 5.12. The number of carbonyl (C=O) groups excluding carboxylic acids is 2. The van der Waals surface area contributed by atoms with E-state index in [1.165, 1.54) is 6.26 Å². The van der Waals surface area contributed by atoms with Crippen molar-refractivity contribution in [3.8, 4) is 5.75 Å². The molecule has 0 bridgehead atoms. The Labute approximate surface area is 160 Å². The summed E-state index contributed by atoms with van der Waals surface area (Å²) in [6.07, 6.45) is 2.76. The smallest absolute Gasteiger partial charge is 0.311 e. The minimum absolute atomic E-state index is 0.0345. The van der Waals surface area contributed by atoms with Gasteiger partial charge in [0.2, 0.25) is 11.5 Å². The Morgan fingerprint density at radius 2 is 1.93 bits per heavy atom. The van der Waals surface area contributed by atoms with Crippen LogP contribution in [0.5, 0.6) is 5.75 Å². The van der Waals surface area contributed by atoms with Gasteiger partial charge >= 0.3 is 5.97 Å². The molecule has 0 radical (unpaired) electrons. The molecule has 1 aromatic rings. The van der Waals surface area contributed by atoms with Gasteiger partial charge < -0.3 is 14.2 Å². The average Bonchev–Trinajstić information content (AvgIpc) is 2.59. The summed E-state index contributed by atoms with van der Waals surface area (Å²) in [5.41, 5.74) is 1.50. The van der Waals surface area contributed by atoms with E-state index in [9.17, 15) is 9.59 Å². The molecule has 1 aliphatic heterocycles. The largest absolute Gasteiger partial charge is 0.493 e. The number of ketones is 1. The van der Waals surface area contributed by atoms with Crippen molar-refractivity contribution in [2.24, 2.45) is 11.3 Å². The molecular weight excluding hydrogens is 344 g/mol. The average molecular weight is 372 g/mol. The number of hydrogen-bond donors (Lipinski definition) is 0. The molecule has 1 heterocycles. The zero-order valence-corrected chi connectivity index (χ0v) is 16.7. The van der Waals surface area contributed by atoms with E-state index < -0.39 is 5.41 Å². The van der Waals surface area contributed by atoms with Gasteiger partial charge in [-0.3, -0.25) is 9.59 Å². The SMILES string of the molecule is Cc1ccc(C)c(OC2=COC3CC(OC(=O)C(C)(C)C)CCC3C2=O)c1. The van der Waals surface area contributed by atoms with Gasteiger partial charge in [-0.15, -0.1) is 0 Å². The van der Waals surface area contributed by atoms with Gasteiger partial charge in [-0.05, 0) is 64.7 Å². The van der Waals surface area contributed by atoms with Gasteiger partial charge in [-0.2, -0.15) is 0 Å². The highest BCUT2D eigenvalue weighted by molar-refractivity contribution is 5.96. The second kappa shape index (κ2) is 7.37. The van der Waals surface area contributed by atoms with Crippen LogP contribution in [0.15, 0.2) is 30.2 Å². The lowest BCUT2D eigenvalue weighted by Gasteiger charge is -2.37. The molecule has 3 atom stereocenters. The van der Waals surface area contributed by atoms with Crippen LogP contribution in [-0.2, 0) is 19.1 Å². The number of esters is 1. The minimum Gasteiger partial charge on any atom is -0.493 e. The maximum Gasteiger partial charge on any atom is 0.311 e. The number of hydrogen-bond acceptors (Lipinski definition) is 5. The predicted molar refractivity (Wildman–Crippen MR) is 101 cm³/mol. The summed E-state index contributed by atoms with van der Waals surface area (Å²) in [7, 11) is 0. The Morgan fingerprint density at radius 1 is 1.19 bits per heavy atom. The second-order valence-electron chi connectivity index (χ2n) is 8.59. The first-order chi connectivity index (χ1) is 12.6. The van der Waals surface area contributed by atoms with Crippen LogP contribution in [0.25, 0.3) is 0 Å². The van der Waals surface area contributed by atoms with Crippen molar-refractivity contribution in [3.05, 3.63) is 41.3 Å². The summed E-state index contributed by atoms with van der Waals surface area (Å²) in [4.78, 5) is 25.0. The molecule has 3 rings (SSSR count). The third kappa shape index (κ3) is 4.34. The van der Waals surface area contributed by atoms with Crippen LogP contribution in [0.1, 0.15) is 51.2 Å². The first-order valence-electron chi connectivity index (χ1n) is 9.51. The summed E-state index contributed by atoms with van der Waals surface area (Å²) in [6, 6.07) is 5.89. The lowest BCUT2D eigenvalue weighted by Crippen LogP contribution is -2.43. The lowest BCUT2D eigenvalue weighted by atomic mass is 9.80. The quantitative estimate of drug-likeness (QED) is 0.742. The van der Waals surface area contributed by atoms with Crippen molar-refractivity contribution in [2.45, 2.75) is 66.1 Å². The van der Waals surface area contributed by atoms with E-state index >= 15 is 0 Å². The van der Waals surface area contributed by atoms with E-state index in [4.69, 9.17) is 14.2 Å². The van der Waals surface area contributed by atoms with E-state index in [2.05, 4.69) is 0 Å². The van der Waals surface area contributed by atoms with Gasteiger partial charge in [0.25, 0.3) is 0 Å². The van der Waals surface area contributed by atoms with Crippen LogP contribution in [0.3, 0.4) is 0 Å². The Kier molecular flexibility index (Phi) is 5.31. The van der Waals surface area contributed by atoms with Crippen LogP contribution in [0.4, 0.5) is 0 Å². The van der Waals surface area contributed by atoms with Crippen molar-refractivity contribution in [2.75, 3.05) is 0 Å². The highest BCUT2D eigenvalue weighted by Gasteiger charge is 2.42. The Hall–Kier alpha value is -2.30. The van der Waals surface area contributed by atoms with E-state index in [-0.39, 0.29) is 35.6 Å². The molecule has 3 unspecified atom stereocenters. The maximum absolute atomic E-state index is 12.9. The molecule has 1 saturated carbocycles. The number of ether oxygens (including phenoxy) is 3. The topological polar surface area (TPSA) is 61.8 Å². The van der Waals surface area contributed by atoms with Crippen LogP contribution in [0, 0.1) is 25.2 Å². The summed E-state index contributed by atoms with van der Waals surface area (Å²) >= 11 is 0. The highest BCUT2D eigenvalue weighted by atomic mass is 16.6. The predicted octanol–water partition coefficient (Wildman–Crippen LogP) is 4.25. The minimum atomic E-state index is -0.535. The number of aryl methyl sites for hydroxylation is 2. The van der Waals surface area contributed by atoms with Gasteiger partial charge in [-0.1, -0.05) is 12.1 Å². The fourth-order valence-corrected chi connectivity index (χ4v) is 3.38. The van der Waals surface area contributed by atoms with E-state index in [1.54, 1.807) is 0 Å². The summed E-state index contributed by atoms with van der Waals surface area (Å²) < 4.78 is 17.3. The standard InChI is InChI=1S/C22H28O5/c1-13-6-7-14(2)17(10-13)27-19-12-25-18-11-15(8-9-16(18)20(19)23)26-21(24)22(3,4)5/h6-7,10,12,15-16,18H,8-9,11H2,1-5H3. The van der Waals surface area contributed by atoms with Crippen molar-refractivity contribution >= 4 is 11.8 Å². The van der Waals surface area contributed by atoms with Crippen molar-refractivity contribution < 1.29 is 23.8 Å². The number of allylic oxidation sites excluding steroid dienone is 1. The van der Waals surface area contributed by atoms with E-state index in [1.807, 2.05) is 52.8 Å². The van der Waals surface area contributed by atoms with Gasteiger partial charge in [0.1, 0.15) is 24.2 Å².